The second-order valence-corrected chi connectivity index (χ2v) is 14.1. The molecule has 1 aliphatic rings. The number of nitrogens with zero attached hydrogens (tertiary/aromatic N) is 4. The van der Waals surface area contributed by atoms with Crippen LogP contribution in [0.15, 0.2) is 146 Å². The summed E-state index contributed by atoms with van der Waals surface area (Å²) in [5.41, 5.74) is 11.3. The average Bonchev–Trinajstić information content (AvgIpc) is 3.76. The molecule has 1 aliphatic heterocycles. The predicted octanol–water partition coefficient (Wildman–Crippen LogP) is 11.5. The van der Waals surface area contributed by atoms with Crippen LogP contribution in [-0.4, -0.2) is 18.9 Å². The molecular formula is C47H30N4OPd. The van der Waals surface area contributed by atoms with Crippen molar-refractivity contribution >= 4 is 49.3 Å². The molecule has 0 radical (unpaired) electrons. The molecular weight excluding hydrogens is 743 g/mol. The van der Waals surface area contributed by atoms with E-state index in [2.05, 4.69) is 150 Å². The van der Waals surface area contributed by atoms with Gasteiger partial charge in [0.1, 0.15) is 5.65 Å². The molecule has 11 rings (SSSR count). The smallest absolute Gasteiger partial charge is 0.503 e. The maximum absolute atomic E-state index is 6.68. The molecule has 0 atom stereocenters. The number of ether oxygens (including phenoxy) is 1. The van der Waals surface area contributed by atoms with Crippen LogP contribution in [0.3, 0.4) is 0 Å². The maximum atomic E-state index is 6.68. The molecule has 0 unspecified atom stereocenters. The van der Waals surface area contributed by atoms with E-state index >= 15 is 0 Å². The first-order valence-corrected chi connectivity index (χ1v) is 17.6. The molecule has 6 aromatic carbocycles. The summed E-state index contributed by atoms with van der Waals surface area (Å²) in [4.78, 5) is 10.2. The van der Waals surface area contributed by atoms with Gasteiger partial charge in [-0.1, -0.05) is 133 Å². The summed E-state index contributed by atoms with van der Waals surface area (Å²) in [7, 11) is 0. The molecule has 0 N–H and O–H groups in total. The summed E-state index contributed by atoms with van der Waals surface area (Å²) >= 11 is 0. The molecule has 0 bridgehead atoms. The van der Waals surface area contributed by atoms with Crippen LogP contribution in [-0.2, 0) is 25.8 Å². The first-order valence-electron chi connectivity index (χ1n) is 17.6. The number of hydrogen-bond acceptors (Lipinski definition) is 3. The molecule has 4 aromatic heterocycles. The molecule has 53 heavy (non-hydrogen) atoms. The summed E-state index contributed by atoms with van der Waals surface area (Å²) in [6, 6.07) is 55.9. The van der Waals surface area contributed by atoms with Crippen LogP contribution in [0.4, 0.5) is 0 Å². The number of pyridine rings is 2. The Kier molecular flexibility index (Phi) is 7.01. The Morgan fingerprint density at radius 3 is 2.11 bits per heavy atom. The fraction of sp³-hybridized carbons (Fsp3) is 0.0638. The Hall–Kier alpha value is -6.06. The third-order valence-electron chi connectivity index (χ3n) is 10.8. The second-order valence-electron chi connectivity index (χ2n) is 14.1. The first kappa shape index (κ1) is 31.7. The largest absolute Gasteiger partial charge is 2.00 e. The van der Waals surface area contributed by atoms with Crippen molar-refractivity contribution in [1.82, 2.24) is 18.9 Å². The molecule has 0 amide bonds. The van der Waals surface area contributed by atoms with Gasteiger partial charge in [-0.05, 0) is 40.1 Å². The van der Waals surface area contributed by atoms with E-state index in [1.807, 2.05) is 30.5 Å². The molecule has 0 spiro atoms. The molecule has 254 valence electrons. The van der Waals surface area contributed by atoms with Gasteiger partial charge < -0.3 is 13.7 Å². The molecule has 10 aromatic rings. The van der Waals surface area contributed by atoms with E-state index in [0.717, 1.165) is 66.6 Å². The van der Waals surface area contributed by atoms with Crippen molar-refractivity contribution in [3.8, 4) is 39.7 Å². The van der Waals surface area contributed by atoms with Gasteiger partial charge in [0.15, 0.2) is 0 Å². The van der Waals surface area contributed by atoms with Crippen LogP contribution < -0.4 is 4.74 Å². The average molecular weight is 773 g/mol. The van der Waals surface area contributed by atoms with Crippen molar-refractivity contribution in [3.63, 3.8) is 0 Å². The number of para-hydroxylation sites is 2. The van der Waals surface area contributed by atoms with Crippen LogP contribution in [0, 0.1) is 12.1 Å². The van der Waals surface area contributed by atoms with Crippen molar-refractivity contribution in [1.29, 1.82) is 0 Å². The number of hydrogen-bond donors (Lipinski definition) is 0. The van der Waals surface area contributed by atoms with E-state index in [4.69, 9.17) is 14.7 Å². The summed E-state index contributed by atoms with van der Waals surface area (Å²) in [6.45, 7) is 4.57. The van der Waals surface area contributed by atoms with Gasteiger partial charge in [0.2, 0.25) is 0 Å². The monoisotopic (exact) mass is 772 g/mol. The van der Waals surface area contributed by atoms with Crippen molar-refractivity contribution in [2.24, 2.45) is 0 Å². The van der Waals surface area contributed by atoms with E-state index in [9.17, 15) is 0 Å². The molecule has 0 saturated heterocycles. The Bertz CT molecular complexity index is 3070. The zero-order chi connectivity index (χ0) is 34.6. The number of rotatable bonds is 4. The van der Waals surface area contributed by atoms with Crippen molar-refractivity contribution < 1.29 is 25.2 Å². The topological polar surface area (TPSA) is 44.4 Å². The van der Waals surface area contributed by atoms with Crippen LogP contribution in [0.5, 0.6) is 11.5 Å². The quantitative estimate of drug-likeness (QED) is 0.102. The SMILES string of the molecule is CC1(C)c2ccc(Oc3[c-]c4c(cc3)c3ccccc3n3c(-c5ccccc5)c(-c5ccccc5)nc43)[c-]c2-n2c3ncccc3c3cccc1c32.[Pd+2]. The maximum Gasteiger partial charge on any atom is 2.00 e. The van der Waals surface area contributed by atoms with E-state index in [1.54, 1.807) is 0 Å². The van der Waals surface area contributed by atoms with Gasteiger partial charge in [0, 0.05) is 39.5 Å². The van der Waals surface area contributed by atoms with E-state index < -0.39 is 0 Å². The van der Waals surface area contributed by atoms with Crippen LogP contribution >= 0.6 is 0 Å². The third-order valence-corrected chi connectivity index (χ3v) is 10.8. The van der Waals surface area contributed by atoms with E-state index in [-0.39, 0.29) is 25.8 Å². The summed E-state index contributed by atoms with van der Waals surface area (Å²) in [6.07, 6.45) is 1.86. The minimum absolute atomic E-state index is 0. The number of fused-ring (bicyclic) bond motifs is 11. The van der Waals surface area contributed by atoms with Crippen molar-refractivity contribution in [2.45, 2.75) is 19.3 Å². The van der Waals surface area contributed by atoms with Gasteiger partial charge in [0.05, 0.1) is 22.6 Å². The molecule has 0 aliphatic carbocycles. The normalized spacial score (nSPS) is 13.1. The fourth-order valence-electron chi connectivity index (χ4n) is 8.40. The zero-order valence-electron chi connectivity index (χ0n) is 28.9. The van der Waals surface area contributed by atoms with Gasteiger partial charge in [-0.2, -0.15) is 6.07 Å². The Balaban J connectivity index is 0.00000349. The molecule has 0 saturated carbocycles. The predicted molar refractivity (Wildman–Crippen MR) is 210 cm³/mol. The molecule has 5 heterocycles. The van der Waals surface area contributed by atoms with Crippen molar-refractivity contribution in [3.05, 3.63) is 169 Å². The summed E-state index contributed by atoms with van der Waals surface area (Å²) in [5.74, 6) is 1.22. The Morgan fingerprint density at radius 1 is 0.585 bits per heavy atom. The number of imidazole rings is 1. The van der Waals surface area contributed by atoms with Gasteiger partial charge in [0.25, 0.3) is 0 Å². The van der Waals surface area contributed by atoms with E-state index in [0.29, 0.717) is 11.5 Å². The fourth-order valence-corrected chi connectivity index (χ4v) is 8.40. The zero-order valence-corrected chi connectivity index (χ0v) is 30.4. The van der Waals surface area contributed by atoms with Gasteiger partial charge in [-0.15, -0.1) is 29.8 Å². The first-order chi connectivity index (χ1) is 25.6. The minimum Gasteiger partial charge on any atom is -0.503 e. The van der Waals surface area contributed by atoms with Gasteiger partial charge >= 0.3 is 20.4 Å². The number of benzene rings is 6. The van der Waals surface area contributed by atoms with Gasteiger partial charge in [-0.25, -0.2) is 4.98 Å². The Labute approximate surface area is 319 Å². The minimum atomic E-state index is -0.233. The van der Waals surface area contributed by atoms with Crippen molar-refractivity contribution in [2.75, 3.05) is 0 Å². The van der Waals surface area contributed by atoms with Crippen LogP contribution in [0.2, 0.25) is 0 Å². The summed E-state index contributed by atoms with van der Waals surface area (Å²) < 4.78 is 11.2. The summed E-state index contributed by atoms with van der Waals surface area (Å²) in [5, 5.41) is 5.42. The molecule has 0 fully saturated rings. The van der Waals surface area contributed by atoms with E-state index in [1.165, 1.54) is 22.0 Å². The van der Waals surface area contributed by atoms with Gasteiger partial charge in [-0.3, -0.25) is 4.98 Å². The third kappa shape index (κ3) is 4.53. The Morgan fingerprint density at radius 2 is 1.28 bits per heavy atom. The van der Waals surface area contributed by atoms with Crippen LogP contribution in [0.1, 0.15) is 25.0 Å². The molecule has 5 nitrogen and oxygen atoms in total. The van der Waals surface area contributed by atoms with Crippen LogP contribution in [0.25, 0.3) is 77.5 Å². The number of aromatic nitrogens is 4. The standard InChI is InChI=1S/C47H30N4O.Pd/c1-47(2)38-25-23-32(28-41(38)51-44-35(18-11-20-39(44)47)36-19-12-26-48-45(36)51)52-31-22-24-33-34-17-9-10-21-40(34)50-43(30-15-7-4-8-16-30)42(29-13-5-3-6-14-29)49-46(50)37(33)27-31;/h3-26H,1-2H3;/q-2;+2. The second kappa shape index (κ2) is 11.7. The molecule has 6 heteroatoms.